The summed E-state index contributed by atoms with van der Waals surface area (Å²) in [4.78, 5) is 38.5. The average Bonchev–Trinajstić information content (AvgIpc) is 2.84. The molecule has 0 aromatic carbocycles. The third kappa shape index (κ3) is 4.33. The first-order chi connectivity index (χ1) is 11.3. The Morgan fingerprint density at radius 2 is 1.92 bits per heavy atom. The van der Waals surface area contributed by atoms with Gasteiger partial charge in [-0.05, 0) is 32.8 Å². The van der Waals surface area contributed by atoms with Crippen LogP contribution < -0.4 is 0 Å². The van der Waals surface area contributed by atoms with E-state index in [2.05, 4.69) is 5.10 Å². The zero-order valence-corrected chi connectivity index (χ0v) is 14.4. The second kappa shape index (κ2) is 7.46. The van der Waals surface area contributed by atoms with E-state index in [1.54, 1.807) is 16.6 Å². The summed E-state index contributed by atoms with van der Waals surface area (Å²) in [5, 5.41) is 13.2. The molecule has 2 heterocycles. The van der Waals surface area contributed by atoms with E-state index in [1.807, 2.05) is 19.9 Å². The van der Waals surface area contributed by atoms with E-state index in [1.165, 1.54) is 4.90 Å². The Balaban J connectivity index is 1.84. The molecule has 1 fully saturated rings. The highest BCUT2D eigenvalue weighted by atomic mass is 16.4. The molecule has 1 aliphatic heterocycles. The lowest BCUT2D eigenvalue weighted by molar-refractivity contribution is -0.146. The molecule has 0 saturated carbocycles. The van der Waals surface area contributed by atoms with Gasteiger partial charge in [-0.25, -0.2) is 0 Å². The van der Waals surface area contributed by atoms with Gasteiger partial charge in [-0.2, -0.15) is 5.10 Å². The molecule has 1 aliphatic rings. The molecular formula is C16H24N4O4. The predicted octanol–water partition coefficient (Wildman–Crippen LogP) is 0.282. The number of carboxylic acids is 1. The van der Waals surface area contributed by atoms with Gasteiger partial charge in [0, 0.05) is 25.8 Å². The summed E-state index contributed by atoms with van der Waals surface area (Å²) in [6, 6.07) is 1.89. The number of piperidine rings is 1. The lowest BCUT2D eigenvalue weighted by Gasteiger charge is -2.31. The molecule has 8 heteroatoms. The molecule has 0 atom stereocenters. The molecule has 1 N–H and O–H groups in total. The molecule has 2 rings (SSSR count). The standard InChI is InChI=1S/C16H24N4O4/c1-11-8-12(2)20(17-11)10-14(21)18(3)9-15(22)19-6-4-13(5-7-19)16(23)24/h8,13H,4-7,9-10H2,1-3H3,(H,23,24). The molecule has 1 aromatic rings. The Kier molecular flexibility index (Phi) is 5.58. The van der Waals surface area contributed by atoms with E-state index < -0.39 is 5.97 Å². The van der Waals surface area contributed by atoms with Gasteiger partial charge in [0.1, 0.15) is 6.54 Å². The van der Waals surface area contributed by atoms with Crippen LogP contribution in [0, 0.1) is 19.8 Å². The molecule has 0 aliphatic carbocycles. The molecule has 0 spiro atoms. The largest absolute Gasteiger partial charge is 0.481 e. The Bertz CT molecular complexity index is 632. The lowest BCUT2D eigenvalue weighted by Crippen LogP contribution is -2.46. The van der Waals surface area contributed by atoms with Crippen LogP contribution in [0.2, 0.25) is 0 Å². The van der Waals surface area contributed by atoms with Crippen molar-refractivity contribution < 1.29 is 19.5 Å². The number of carbonyl (C=O) groups is 3. The number of carboxylic acid groups (broad SMARTS) is 1. The average molecular weight is 336 g/mol. The fourth-order valence-electron chi connectivity index (χ4n) is 2.85. The number of hydrogen-bond donors (Lipinski definition) is 1. The minimum Gasteiger partial charge on any atom is -0.481 e. The number of nitrogens with zero attached hydrogens (tertiary/aromatic N) is 4. The van der Waals surface area contributed by atoms with E-state index in [9.17, 15) is 14.4 Å². The van der Waals surface area contributed by atoms with Gasteiger partial charge in [0.15, 0.2) is 0 Å². The van der Waals surface area contributed by atoms with Crippen molar-refractivity contribution in [3.05, 3.63) is 17.5 Å². The van der Waals surface area contributed by atoms with Gasteiger partial charge in [0.25, 0.3) is 0 Å². The molecule has 0 bridgehead atoms. The number of amides is 2. The predicted molar refractivity (Wildman–Crippen MR) is 86.3 cm³/mol. The van der Waals surface area contributed by atoms with Crippen LogP contribution in [0.1, 0.15) is 24.2 Å². The van der Waals surface area contributed by atoms with Gasteiger partial charge < -0.3 is 14.9 Å². The van der Waals surface area contributed by atoms with Crippen LogP contribution in [0.4, 0.5) is 0 Å². The maximum absolute atomic E-state index is 12.3. The van der Waals surface area contributed by atoms with Crippen LogP contribution in [-0.2, 0) is 20.9 Å². The SMILES string of the molecule is Cc1cc(C)n(CC(=O)N(C)CC(=O)N2CCC(C(=O)O)CC2)n1. The fourth-order valence-corrected chi connectivity index (χ4v) is 2.85. The monoisotopic (exact) mass is 336 g/mol. The topological polar surface area (TPSA) is 95.7 Å². The number of carbonyl (C=O) groups excluding carboxylic acids is 2. The summed E-state index contributed by atoms with van der Waals surface area (Å²) in [6.45, 7) is 4.69. The number of hydrogen-bond acceptors (Lipinski definition) is 4. The van der Waals surface area contributed by atoms with Crippen molar-refractivity contribution in [1.82, 2.24) is 19.6 Å². The summed E-state index contributed by atoms with van der Waals surface area (Å²) in [5.41, 5.74) is 1.75. The van der Waals surface area contributed by atoms with Gasteiger partial charge in [-0.3, -0.25) is 19.1 Å². The minimum absolute atomic E-state index is 0.00410. The van der Waals surface area contributed by atoms with Gasteiger partial charge in [-0.1, -0.05) is 0 Å². The first kappa shape index (κ1) is 18.0. The number of aromatic nitrogens is 2. The van der Waals surface area contributed by atoms with E-state index in [0.29, 0.717) is 25.9 Å². The number of aryl methyl sites for hydroxylation is 2. The maximum Gasteiger partial charge on any atom is 0.306 e. The highest BCUT2D eigenvalue weighted by Crippen LogP contribution is 2.17. The van der Waals surface area contributed by atoms with Gasteiger partial charge in [0.05, 0.1) is 18.2 Å². The van der Waals surface area contributed by atoms with E-state index in [4.69, 9.17) is 5.11 Å². The first-order valence-corrected chi connectivity index (χ1v) is 8.03. The number of rotatable bonds is 5. The maximum atomic E-state index is 12.3. The molecule has 8 nitrogen and oxygen atoms in total. The lowest BCUT2D eigenvalue weighted by atomic mass is 9.97. The summed E-state index contributed by atoms with van der Waals surface area (Å²) in [7, 11) is 1.59. The van der Waals surface area contributed by atoms with Crippen molar-refractivity contribution in [2.24, 2.45) is 5.92 Å². The molecular weight excluding hydrogens is 312 g/mol. The van der Waals surface area contributed by atoms with Crippen LogP contribution in [0.5, 0.6) is 0 Å². The molecule has 132 valence electrons. The highest BCUT2D eigenvalue weighted by molar-refractivity contribution is 5.84. The van der Waals surface area contributed by atoms with Gasteiger partial charge >= 0.3 is 5.97 Å². The number of likely N-dealkylation sites (tertiary alicyclic amines) is 1. The highest BCUT2D eigenvalue weighted by Gasteiger charge is 2.27. The van der Waals surface area contributed by atoms with Gasteiger partial charge in [-0.15, -0.1) is 0 Å². The zero-order valence-electron chi connectivity index (χ0n) is 14.4. The first-order valence-electron chi connectivity index (χ1n) is 8.03. The fraction of sp³-hybridized carbons (Fsp3) is 0.625. The molecule has 24 heavy (non-hydrogen) atoms. The van der Waals surface area contributed by atoms with E-state index in [-0.39, 0.29) is 30.8 Å². The molecule has 1 saturated heterocycles. The Morgan fingerprint density at radius 1 is 1.29 bits per heavy atom. The number of aliphatic carboxylic acids is 1. The normalized spacial score (nSPS) is 15.4. The summed E-state index contributed by atoms with van der Waals surface area (Å²) in [5.74, 6) is -1.52. The molecule has 2 amide bonds. The van der Waals surface area contributed by atoms with Crippen LogP contribution in [0.25, 0.3) is 0 Å². The number of likely N-dealkylation sites (N-methyl/N-ethyl adjacent to an activating group) is 1. The smallest absolute Gasteiger partial charge is 0.306 e. The van der Waals surface area contributed by atoms with Crippen molar-refractivity contribution >= 4 is 17.8 Å². The van der Waals surface area contributed by atoms with Crippen molar-refractivity contribution in [2.45, 2.75) is 33.2 Å². The second-order valence-electron chi connectivity index (χ2n) is 6.33. The summed E-state index contributed by atoms with van der Waals surface area (Å²) < 4.78 is 1.62. The Morgan fingerprint density at radius 3 is 2.42 bits per heavy atom. The summed E-state index contributed by atoms with van der Waals surface area (Å²) in [6.07, 6.45) is 0.926. The third-order valence-corrected chi connectivity index (χ3v) is 4.38. The third-order valence-electron chi connectivity index (χ3n) is 4.38. The van der Waals surface area contributed by atoms with Crippen LogP contribution in [0.15, 0.2) is 6.07 Å². The summed E-state index contributed by atoms with van der Waals surface area (Å²) >= 11 is 0. The van der Waals surface area contributed by atoms with Gasteiger partial charge in [0.2, 0.25) is 11.8 Å². The Hall–Kier alpha value is -2.38. The van der Waals surface area contributed by atoms with Crippen molar-refractivity contribution in [3.63, 3.8) is 0 Å². The van der Waals surface area contributed by atoms with E-state index >= 15 is 0 Å². The minimum atomic E-state index is -0.806. The van der Waals surface area contributed by atoms with Crippen LogP contribution in [0.3, 0.4) is 0 Å². The van der Waals surface area contributed by atoms with Crippen molar-refractivity contribution in [3.8, 4) is 0 Å². The molecule has 0 radical (unpaired) electrons. The second-order valence-corrected chi connectivity index (χ2v) is 6.33. The van der Waals surface area contributed by atoms with Crippen molar-refractivity contribution in [2.75, 3.05) is 26.7 Å². The van der Waals surface area contributed by atoms with Crippen LogP contribution >= 0.6 is 0 Å². The molecule has 0 unspecified atom stereocenters. The van der Waals surface area contributed by atoms with Crippen molar-refractivity contribution in [1.29, 1.82) is 0 Å². The van der Waals surface area contributed by atoms with Crippen LogP contribution in [-0.4, -0.2) is 69.2 Å². The zero-order chi connectivity index (χ0) is 17.9. The Labute approximate surface area is 141 Å². The quantitative estimate of drug-likeness (QED) is 0.833. The van der Waals surface area contributed by atoms with E-state index in [0.717, 1.165) is 11.4 Å². The molecule has 1 aromatic heterocycles.